The molecule has 82 valence electrons. The Morgan fingerprint density at radius 1 is 1.25 bits per heavy atom. The third-order valence-electron chi connectivity index (χ3n) is 2.92. The zero-order valence-corrected chi connectivity index (χ0v) is 10.4. The van der Waals surface area contributed by atoms with E-state index in [0.29, 0.717) is 0 Å². The van der Waals surface area contributed by atoms with E-state index in [4.69, 9.17) is 4.42 Å². The number of fused-ring (bicyclic) bond motifs is 1. The zero-order valence-electron chi connectivity index (χ0n) is 8.79. The van der Waals surface area contributed by atoms with Crippen LogP contribution in [0.15, 0.2) is 39.4 Å². The molecule has 16 heavy (non-hydrogen) atoms. The van der Waals surface area contributed by atoms with Crippen molar-refractivity contribution in [3.05, 3.63) is 40.6 Å². The van der Waals surface area contributed by atoms with Crippen LogP contribution in [0.5, 0.6) is 0 Å². The molecule has 0 unspecified atom stereocenters. The summed E-state index contributed by atoms with van der Waals surface area (Å²) < 4.78 is 6.48. The summed E-state index contributed by atoms with van der Waals surface area (Å²) >= 11 is 3.49. The van der Waals surface area contributed by atoms with Crippen molar-refractivity contribution < 1.29 is 4.42 Å². The molecule has 3 rings (SSSR count). The van der Waals surface area contributed by atoms with Crippen LogP contribution in [0.4, 0.5) is 5.69 Å². The van der Waals surface area contributed by atoms with Crippen molar-refractivity contribution in [2.45, 2.75) is 12.8 Å². The molecule has 0 fully saturated rings. The SMILES string of the molecule is Brc1ccoc1-c1ccc2c(c1)CCCN2. The quantitative estimate of drug-likeness (QED) is 0.850. The highest BCUT2D eigenvalue weighted by Crippen LogP contribution is 2.32. The maximum absolute atomic E-state index is 5.47. The normalized spacial score (nSPS) is 14.3. The second-order valence-corrected chi connectivity index (χ2v) is 4.85. The molecule has 2 heterocycles. The molecule has 0 saturated heterocycles. The van der Waals surface area contributed by atoms with Gasteiger partial charge in [-0.3, -0.25) is 0 Å². The highest BCUT2D eigenvalue weighted by atomic mass is 79.9. The van der Waals surface area contributed by atoms with Crippen molar-refractivity contribution in [2.75, 3.05) is 11.9 Å². The lowest BCUT2D eigenvalue weighted by molar-refractivity contribution is 0.581. The topological polar surface area (TPSA) is 25.2 Å². The Kier molecular flexibility index (Phi) is 2.48. The predicted molar refractivity (Wildman–Crippen MR) is 68.7 cm³/mol. The minimum absolute atomic E-state index is 0.911. The number of halogens is 1. The fourth-order valence-electron chi connectivity index (χ4n) is 2.12. The number of furan rings is 1. The van der Waals surface area contributed by atoms with E-state index in [1.54, 1.807) is 6.26 Å². The summed E-state index contributed by atoms with van der Waals surface area (Å²) in [5.41, 5.74) is 3.78. The van der Waals surface area contributed by atoms with Gasteiger partial charge in [0.25, 0.3) is 0 Å². The van der Waals surface area contributed by atoms with E-state index >= 15 is 0 Å². The third-order valence-corrected chi connectivity index (χ3v) is 3.55. The highest BCUT2D eigenvalue weighted by molar-refractivity contribution is 9.10. The number of hydrogen-bond donors (Lipinski definition) is 1. The van der Waals surface area contributed by atoms with Crippen LogP contribution < -0.4 is 5.32 Å². The molecule has 3 heteroatoms. The highest BCUT2D eigenvalue weighted by Gasteiger charge is 2.12. The Balaban J connectivity index is 2.06. The van der Waals surface area contributed by atoms with Gasteiger partial charge >= 0.3 is 0 Å². The molecule has 0 aliphatic carbocycles. The fourth-order valence-corrected chi connectivity index (χ4v) is 2.55. The van der Waals surface area contributed by atoms with Gasteiger partial charge in [-0.2, -0.15) is 0 Å². The van der Waals surface area contributed by atoms with E-state index in [9.17, 15) is 0 Å². The third kappa shape index (κ3) is 1.65. The second kappa shape index (κ2) is 3.98. The summed E-state index contributed by atoms with van der Waals surface area (Å²) in [5.74, 6) is 0.911. The first kappa shape index (κ1) is 9.97. The van der Waals surface area contributed by atoms with E-state index < -0.39 is 0 Å². The number of anilines is 1. The molecule has 1 aliphatic rings. The van der Waals surface area contributed by atoms with Gasteiger partial charge in [0.1, 0.15) is 5.76 Å². The van der Waals surface area contributed by atoms with Crippen molar-refractivity contribution in [2.24, 2.45) is 0 Å². The van der Waals surface area contributed by atoms with Gasteiger partial charge in [0.2, 0.25) is 0 Å². The van der Waals surface area contributed by atoms with Crippen LogP contribution in [0, 0.1) is 0 Å². The maximum atomic E-state index is 5.47. The molecule has 1 aromatic carbocycles. The lowest BCUT2D eigenvalue weighted by Crippen LogP contribution is -2.11. The lowest BCUT2D eigenvalue weighted by atomic mass is 10.00. The molecule has 0 radical (unpaired) electrons. The van der Waals surface area contributed by atoms with Crippen molar-refractivity contribution >= 4 is 21.6 Å². The van der Waals surface area contributed by atoms with Gasteiger partial charge in [-0.15, -0.1) is 0 Å². The number of nitrogens with one attached hydrogen (secondary N) is 1. The van der Waals surface area contributed by atoms with E-state index in [-0.39, 0.29) is 0 Å². The number of benzene rings is 1. The summed E-state index contributed by atoms with van der Waals surface area (Å²) in [6.45, 7) is 1.08. The van der Waals surface area contributed by atoms with Crippen molar-refractivity contribution in [1.29, 1.82) is 0 Å². The largest absolute Gasteiger partial charge is 0.463 e. The summed E-state index contributed by atoms with van der Waals surface area (Å²) in [6.07, 6.45) is 4.06. The minimum Gasteiger partial charge on any atom is -0.463 e. The maximum Gasteiger partial charge on any atom is 0.148 e. The Hall–Kier alpha value is -1.22. The monoisotopic (exact) mass is 277 g/mol. The Labute approximate surface area is 103 Å². The number of rotatable bonds is 1. The van der Waals surface area contributed by atoms with Crippen molar-refractivity contribution in [1.82, 2.24) is 0 Å². The van der Waals surface area contributed by atoms with Gasteiger partial charge in [0.15, 0.2) is 0 Å². The molecule has 0 atom stereocenters. The van der Waals surface area contributed by atoms with Gasteiger partial charge in [-0.1, -0.05) is 0 Å². The summed E-state index contributed by atoms with van der Waals surface area (Å²) in [4.78, 5) is 0. The average Bonchev–Trinajstić information content (AvgIpc) is 2.75. The first-order valence-electron chi connectivity index (χ1n) is 5.45. The molecular formula is C13H12BrNO. The van der Waals surface area contributed by atoms with Crippen LogP contribution in [-0.2, 0) is 6.42 Å². The van der Waals surface area contributed by atoms with E-state index in [2.05, 4.69) is 39.4 Å². The lowest BCUT2D eigenvalue weighted by Gasteiger charge is -2.18. The number of aryl methyl sites for hydroxylation is 1. The molecular weight excluding hydrogens is 266 g/mol. The molecule has 1 N–H and O–H groups in total. The van der Waals surface area contributed by atoms with Gasteiger partial charge in [0, 0.05) is 17.8 Å². The summed E-state index contributed by atoms with van der Waals surface area (Å²) in [5, 5.41) is 3.41. The molecule has 2 nitrogen and oxygen atoms in total. The van der Waals surface area contributed by atoms with Gasteiger partial charge in [-0.05, 0) is 58.6 Å². The number of hydrogen-bond acceptors (Lipinski definition) is 2. The average molecular weight is 278 g/mol. The van der Waals surface area contributed by atoms with Gasteiger partial charge in [0.05, 0.1) is 10.7 Å². The molecule has 1 aromatic heterocycles. The minimum atomic E-state index is 0.911. The van der Waals surface area contributed by atoms with Gasteiger partial charge < -0.3 is 9.73 Å². The van der Waals surface area contributed by atoms with E-state index in [1.807, 2.05) is 6.07 Å². The molecule has 2 aromatic rings. The predicted octanol–water partition coefficient (Wildman–Crippen LogP) is 4.07. The van der Waals surface area contributed by atoms with Crippen molar-refractivity contribution in [3.8, 4) is 11.3 Å². The van der Waals surface area contributed by atoms with E-state index in [1.165, 1.54) is 17.7 Å². The Bertz CT molecular complexity index is 518. The standard InChI is InChI=1S/C13H12BrNO/c14-11-5-7-16-13(11)10-3-4-12-9(8-10)2-1-6-15-12/h3-5,7-8,15H,1-2,6H2. The van der Waals surface area contributed by atoms with Crippen LogP contribution in [0.3, 0.4) is 0 Å². The van der Waals surface area contributed by atoms with Gasteiger partial charge in [-0.25, -0.2) is 0 Å². The van der Waals surface area contributed by atoms with Crippen LogP contribution in [0.25, 0.3) is 11.3 Å². The van der Waals surface area contributed by atoms with Crippen LogP contribution >= 0.6 is 15.9 Å². The molecule has 0 amide bonds. The van der Waals surface area contributed by atoms with Crippen LogP contribution in [-0.4, -0.2) is 6.54 Å². The fraction of sp³-hybridized carbons (Fsp3) is 0.231. The molecule has 0 bridgehead atoms. The first-order chi connectivity index (χ1) is 7.84. The molecule has 0 saturated carbocycles. The summed E-state index contributed by atoms with van der Waals surface area (Å²) in [7, 11) is 0. The Morgan fingerprint density at radius 3 is 3.00 bits per heavy atom. The van der Waals surface area contributed by atoms with Crippen LogP contribution in [0.1, 0.15) is 12.0 Å². The van der Waals surface area contributed by atoms with Crippen molar-refractivity contribution in [3.63, 3.8) is 0 Å². The van der Waals surface area contributed by atoms with E-state index in [0.717, 1.165) is 28.8 Å². The first-order valence-corrected chi connectivity index (χ1v) is 6.24. The molecule has 1 aliphatic heterocycles. The summed E-state index contributed by atoms with van der Waals surface area (Å²) in [6, 6.07) is 8.37. The zero-order chi connectivity index (χ0) is 11.0. The second-order valence-electron chi connectivity index (χ2n) is 4.00. The van der Waals surface area contributed by atoms with Crippen LogP contribution in [0.2, 0.25) is 0 Å². The smallest absolute Gasteiger partial charge is 0.148 e. The Morgan fingerprint density at radius 2 is 2.19 bits per heavy atom. The molecule has 0 spiro atoms.